The number of ether oxygens (including phenoxy) is 1. The number of benzene rings is 3. The van der Waals surface area contributed by atoms with Crippen molar-refractivity contribution in [3.05, 3.63) is 106 Å². The molecule has 0 unspecified atom stereocenters. The number of rotatable bonds is 10. The maximum Gasteiger partial charge on any atom is 0.281 e. The van der Waals surface area contributed by atoms with Crippen molar-refractivity contribution >= 4 is 29.1 Å². The van der Waals surface area contributed by atoms with Crippen LogP contribution in [-0.4, -0.2) is 23.1 Å². The third kappa shape index (κ3) is 5.81. The monoisotopic (exact) mass is 469 g/mol. The van der Waals surface area contributed by atoms with E-state index in [0.29, 0.717) is 23.6 Å². The molecule has 0 atom stereocenters. The molecule has 35 heavy (non-hydrogen) atoms. The first kappa shape index (κ1) is 23.9. The van der Waals surface area contributed by atoms with Crippen molar-refractivity contribution in [2.24, 2.45) is 5.10 Å². The van der Waals surface area contributed by atoms with Crippen molar-refractivity contribution in [1.29, 1.82) is 0 Å². The lowest BCUT2D eigenvalue weighted by Crippen LogP contribution is -2.21. The quantitative estimate of drug-likeness (QED) is 0.149. The molecule has 1 heterocycles. The molecule has 0 aliphatic carbocycles. The molecule has 1 amide bonds. The minimum absolute atomic E-state index is 0.0453. The molecular weight excluding hydrogens is 442 g/mol. The summed E-state index contributed by atoms with van der Waals surface area (Å²) in [5.74, 6) is 0.500. The average Bonchev–Trinajstić information content (AvgIpc) is 3.21. The van der Waals surface area contributed by atoms with E-state index in [2.05, 4.69) is 12.0 Å². The number of carbonyl (C=O) groups excluding carboxylic acids is 1. The highest BCUT2D eigenvalue weighted by molar-refractivity contribution is 6.37. The minimum Gasteiger partial charge on any atom is -0.494 e. The summed E-state index contributed by atoms with van der Waals surface area (Å²) in [4.78, 5) is 23.9. The first-order valence-corrected chi connectivity index (χ1v) is 11.7. The number of nitro benzene ring substituents is 1. The zero-order valence-corrected chi connectivity index (χ0v) is 19.6. The molecule has 0 radical (unpaired) electrons. The van der Waals surface area contributed by atoms with Gasteiger partial charge in [0.05, 0.1) is 22.8 Å². The number of hydrogen-bond donors (Lipinski definition) is 0. The van der Waals surface area contributed by atoms with Crippen LogP contribution < -0.4 is 9.75 Å². The predicted molar refractivity (Wildman–Crippen MR) is 138 cm³/mol. The Balaban J connectivity index is 1.58. The molecule has 178 valence electrons. The molecule has 7 nitrogen and oxygen atoms in total. The van der Waals surface area contributed by atoms with Crippen molar-refractivity contribution < 1.29 is 14.5 Å². The van der Waals surface area contributed by atoms with Crippen LogP contribution in [0.2, 0.25) is 0 Å². The number of non-ortho nitro benzene ring substituents is 1. The van der Waals surface area contributed by atoms with Crippen LogP contribution in [0.1, 0.15) is 43.7 Å². The van der Waals surface area contributed by atoms with Crippen LogP contribution in [-0.2, 0) is 4.79 Å². The number of unbranched alkanes of at least 4 members (excludes halogenated alkanes) is 3. The van der Waals surface area contributed by atoms with Crippen LogP contribution in [0.4, 0.5) is 11.4 Å². The van der Waals surface area contributed by atoms with Crippen LogP contribution in [0, 0.1) is 10.1 Å². The summed E-state index contributed by atoms with van der Waals surface area (Å²) >= 11 is 0. The predicted octanol–water partition coefficient (Wildman–Crippen LogP) is 6.39. The summed E-state index contributed by atoms with van der Waals surface area (Å²) < 4.78 is 5.82. The molecule has 0 N–H and O–H groups in total. The molecule has 3 aromatic rings. The molecule has 7 heteroatoms. The number of nitrogens with zero attached hydrogens (tertiary/aromatic N) is 3. The Labute approximate surface area is 204 Å². The van der Waals surface area contributed by atoms with Crippen LogP contribution in [0.3, 0.4) is 0 Å². The molecule has 0 saturated carbocycles. The summed E-state index contributed by atoms with van der Waals surface area (Å²) in [6.45, 7) is 2.87. The fraction of sp³-hybridized carbons (Fsp3) is 0.214. The van der Waals surface area contributed by atoms with E-state index in [1.165, 1.54) is 42.1 Å². The van der Waals surface area contributed by atoms with Crippen LogP contribution in [0.15, 0.2) is 89.5 Å². The summed E-state index contributed by atoms with van der Waals surface area (Å²) in [6, 6.07) is 22.9. The molecule has 4 rings (SSSR count). The maximum atomic E-state index is 13.4. The van der Waals surface area contributed by atoms with Gasteiger partial charge in [0.1, 0.15) is 11.5 Å². The lowest BCUT2D eigenvalue weighted by atomic mass is 10.0. The Morgan fingerprint density at radius 3 is 2.31 bits per heavy atom. The number of amides is 1. The molecule has 1 aliphatic heterocycles. The summed E-state index contributed by atoms with van der Waals surface area (Å²) in [5, 5.41) is 16.9. The van der Waals surface area contributed by atoms with E-state index in [1.54, 1.807) is 0 Å². The molecular formula is C28H27N3O4. The van der Waals surface area contributed by atoms with Gasteiger partial charge in [-0.05, 0) is 42.3 Å². The van der Waals surface area contributed by atoms with E-state index >= 15 is 0 Å². The Morgan fingerprint density at radius 1 is 0.943 bits per heavy atom. The molecule has 0 bridgehead atoms. The van der Waals surface area contributed by atoms with Crippen molar-refractivity contribution in [1.82, 2.24) is 0 Å². The van der Waals surface area contributed by atoms with Gasteiger partial charge in [-0.25, -0.2) is 0 Å². The second-order valence-corrected chi connectivity index (χ2v) is 8.24. The Kier molecular flexibility index (Phi) is 7.67. The highest BCUT2D eigenvalue weighted by atomic mass is 16.6. The summed E-state index contributed by atoms with van der Waals surface area (Å²) in [5.41, 5.74) is 3.07. The smallest absolute Gasteiger partial charge is 0.281 e. The van der Waals surface area contributed by atoms with E-state index in [0.717, 1.165) is 29.7 Å². The Hall–Kier alpha value is -4.26. The van der Waals surface area contributed by atoms with E-state index in [1.807, 2.05) is 60.7 Å². The van der Waals surface area contributed by atoms with Crippen molar-refractivity contribution in [3.8, 4) is 5.75 Å². The van der Waals surface area contributed by atoms with Gasteiger partial charge in [-0.2, -0.15) is 10.1 Å². The van der Waals surface area contributed by atoms with Gasteiger partial charge in [-0.15, -0.1) is 0 Å². The Morgan fingerprint density at radius 2 is 1.66 bits per heavy atom. The summed E-state index contributed by atoms with van der Waals surface area (Å²) in [7, 11) is 0. The van der Waals surface area contributed by atoms with Gasteiger partial charge in [0, 0.05) is 17.7 Å². The lowest BCUT2D eigenvalue weighted by molar-refractivity contribution is -0.384. The van der Waals surface area contributed by atoms with E-state index in [-0.39, 0.29) is 11.6 Å². The first-order chi connectivity index (χ1) is 17.1. The highest BCUT2D eigenvalue weighted by Gasteiger charge is 2.32. The van der Waals surface area contributed by atoms with Gasteiger partial charge in [0.15, 0.2) is 0 Å². The van der Waals surface area contributed by atoms with Gasteiger partial charge >= 0.3 is 0 Å². The van der Waals surface area contributed by atoms with Crippen LogP contribution in [0.5, 0.6) is 5.75 Å². The van der Waals surface area contributed by atoms with Gasteiger partial charge in [-0.1, -0.05) is 68.7 Å². The number of nitro groups is 1. The zero-order valence-electron chi connectivity index (χ0n) is 19.6. The number of hydrogen-bond acceptors (Lipinski definition) is 5. The average molecular weight is 470 g/mol. The minimum atomic E-state index is -0.474. The SMILES string of the molecule is CCCCCCOc1ccc(/C=C2/C(=O)N(c3ccc([N+](=O)[O-])cc3)N=C2c2ccccc2)cc1. The number of carbonyl (C=O) groups is 1. The van der Waals surface area contributed by atoms with Gasteiger partial charge in [0.25, 0.3) is 11.6 Å². The van der Waals surface area contributed by atoms with Crippen molar-refractivity contribution in [3.63, 3.8) is 0 Å². The third-order valence-corrected chi connectivity index (χ3v) is 5.69. The van der Waals surface area contributed by atoms with Gasteiger partial charge < -0.3 is 4.74 Å². The normalized spacial score (nSPS) is 14.3. The molecule has 1 aliphatic rings. The lowest BCUT2D eigenvalue weighted by Gasteiger charge is -2.11. The fourth-order valence-corrected chi connectivity index (χ4v) is 3.79. The molecule has 0 aromatic heterocycles. The largest absolute Gasteiger partial charge is 0.494 e. The maximum absolute atomic E-state index is 13.4. The second-order valence-electron chi connectivity index (χ2n) is 8.24. The van der Waals surface area contributed by atoms with Gasteiger partial charge in [0.2, 0.25) is 0 Å². The molecule has 0 saturated heterocycles. The van der Waals surface area contributed by atoms with Crippen molar-refractivity contribution in [2.75, 3.05) is 11.6 Å². The number of hydrazone groups is 1. The van der Waals surface area contributed by atoms with Crippen LogP contribution >= 0.6 is 0 Å². The van der Waals surface area contributed by atoms with Gasteiger partial charge in [-0.3, -0.25) is 14.9 Å². The third-order valence-electron chi connectivity index (χ3n) is 5.69. The molecule has 3 aromatic carbocycles. The standard InChI is InChI=1S/C28H27N3O4/c1-2-3-4-8-19-35-25-17-11-21(12-18-25)20-26-27(22-9-6-5-7-10-22)29-30(28(26)32)23-13-15-24(16-14-23)31(33)34/h5-7,9-18,20H,2-4,8,19H2,1H3/b26-20+. The molecule has 0 fully saturated rings. The second kappa shape index (κ2) is 11.2. The Bertz CT molecular complexity index is 1230. The zero-order chi connectivity index (χ0) is 24.6. The fourth-order valence-electron chi connectivity index (χ4n) is 3.79. The van der Waals surface area contributed by atoms with E-state index in [9.17, 15) is 14.9 Å². The van der Waals surface area contributed by atoms with E-state index < -0.39 is 4.92 Å². The highest BCUT2D eigenvalue weighted by Crippen LogP contribution is 2.29. The topological polar surface area (TPSA) is 85.0 Å². The molecule has 0 spiro atoms. The summed E-state index contributed by atoms with van der Waals surface area (Å²) in [6.07, 6.45) is 6.41. The van der Waals surface area contributed by atoms with E-state index in [4.69, 9.17) is 4.74 Å². The first-order valence-electron chi connectivity index (χ1n) is 11.7. The van der Waals surface area contributed by atoms with Crippen LogP contribution in [0.25, 0.3) is 6.08 Å². The van der Waals surface area contributed by atoms with Crippen molar-refractivity contribution in [2.45, 2.75) is 32.6 Å². The number of anilines is 1.